The fourth-order valence-corrected chi connectivity index (χ4v) is 3.63. The van der Waals surface area contributed by atoms with Crippen LogP contribution in [0.3, 0.4) is 0 Å². The first-order valence-electron chi connectivity index (χ1n) is 8.60. The maximum absolute atomic E-state index is 3.78. The molecule has 3 rings (SSSR count). The molecule has 0 aromatic heterocycles. The summed E-state index contributed by atoms with van der Waals surface area (Å²) < 4.78 is 0. The first-order valence-corrected chi connectivity index (χ1v) is 8.60. The molecular weight excluding hydrogens is 242 g/mol. The van der Waals surface area contributed by atoms with Crippen molar-refractivity contribution in [1.29, 1.82) is 0 Å². The Labute approximate surface area is 124 Å². The zero-order chi connectivity index (χ0) is 13.8. The van der Waals surface area contributed by atoms with E-state index in [9.17, 15) is 0 Å². The molecule has 2 atom stereocenters. The number of nitrogens with one attached hydrogen (secondary N) is 1. The Morgan fingerprint density at radius 1 is 0.900 bits per heavy atom. The van der Waals surface area contributed by atoms with E-state index < -0.39 is 0 Å². The van der Waals surface area contributed by atoms with Crippen molar-refractivity contribution >= 4 is 0 Å². The minimum atomic E-state index is 0.860. The number of benzene rings is 1. The smallest absolute Gasteiger partial charge is 0.00683 e. The number of aryl methyl sites for hydroxylation is 1. The Bertz CT molecular complexity index is 404. The maximum Gasteiger partial charge on any atom is 0.00683 e. The highest BCUT2D eigenvalue weighted by Gasteiger charge is 2.27. The van der Waals surface area contributed by atoms with Gasteiger partial charge in [0.1, 0.15) is 0 Å². The van der Waals surface area contributed by atoms with Crippen LogP contribution in [0.25, 0.3) is 0 Å². The van der Waals surface area contributed by atoms with Crippen LogP contribution in [0.15, 0.2) is 24.3 Å². The Balaban J connectivity index is 1.60. The van der Waals surface area contributed by atoms with Crippen LogP contribution in [0, 0.1) is 18.8 Å². The Morgan fingerprint density at radius 2 is 1.60 bits per heavy atom. The predicted molar refractivity (Wildman–Crippen MR) is 86.0 cm³/mol. The third-order valence-electron chi connectivity index (χ3n) is 5.18. The van der Waals surface area contributed by atoms with E-state index in [1.54, 1.807) is 5.56 Å². The Kier molecular flexibility index (Phi) is 4.77. The molecule has 1 aromatic rings. The van der Waals surface area contributed by atoms with E-state index >= 15 is 0 Å². The van der Waals surface area contributed by atoms with E-state index in [4.69, 9.17) is 0 Å². The lowest BCUT2D eigenvalue weighted by Gasteiger charge is -2.26. The molecule has 0 bridgehead atoms. The van der Waals surface area contributed by atoms with Crippen LogP contribution >= 0.6 is 0 Å². The van der Waals surface area contributed by atoms with Crippen LogP contribution in [0.1, 0.15) is 56.1 Å². The van der Waals surface area contributed by atoms with Gasteiger partial charge in [-0.05, 0) is 63.0 Å². The zero-order valence-corrected chi connectivity index (χ0v) is 12.9. The molecule has 20 heavy (non-hydrogen) atoms. The molecule has 2 fully saturated rings. The summed E-state index contributed by atoms with van der Waals surface area (Å²) in [6, 6.07) is 10.1. The van der Waals surface area contributed by atoms with E-state index in [0.717, 1.165) is 17.9 Å². The van der Waals surface area contributed by atoms with Gasteiger partial charge in [0.05, 0.1) is 0 Å². The van der Waals surface area contributed by atoms with Gasteiger partial charge >= 0.3 is 0 Å². The third-order valence-corrected chi connectivity index (χ3v) is 5.18. The average Bonchev–Trinajstić information content (AvgIpc) is 3.27. The molecule has 0 radical (unpaired) electrons. The highest BCUT2D eigenvalue weighted by Crippen LogP contribution is 2.32. The third kappa shape index (κ3) is 4.09. The fraction of sp³-hybridized carbons (Fsp3) is 0.684. The van der Waals surface area contributed by atoms with Crippen molar-refractivity contribution in [3.8, 4) is 0 Å². The monoisotopic (exact) mass is 271 g/mol. The lowest BCUT2D eigenvalue weighted by atomic mass is 9.83. The van der Waals surface area contributed by atoms with Gasteiger partial charge < -0.3 is 5.32 Å². The van der Waals surface area contributed by atoms with Gasteiger partial charge in [0, 0.05) is 6.04 Å². The van der Waals surface area contributed by atoms with Crippen LogP contribution in [0.5, 0.6) is 0 Å². The van der Waals surface area contributed by atoms with Gasteiger partial charge in [-0.2, -0.15) is 0 Å². The fourth-order valence-electron chi connectivity index (χ4n) is 3.63. The summed E-state index contributed by atoms with van der Waals surface area (Å²) in [5.41, 5.74) is 2.92. The second-order valence-corrected chi connectivity index (χ2v) is 7.03. The number of hydrogen-bond donors (Lipinski definition) is 1. The van der Waals surface area contributed by atoms with Gasteiger partial charge in [-0.1, -0.05) is 49.1 Å². The summed E-state index contributed by atoms with van der Waals surface area (Å²) in [6.07, 6.45) is 11.3. The van der Waals surface area contributed by atoms with Gasteiger partial charge in [-0.3, -0.25) is 0 Å². The Morgan fingerprint density at radius 3 is 2.30 bits per heavy atom. The van der Waals surface area contributed by atoms with Crippen molar-refractivity contribution in [1.82, 2.24) is 5.32 Å². The minimum Gasteiger partial charge on any atom is -0.314 e. The second-order valence-electron chi connectivity index (χ2n) is 7.03. The van der Waals surface area contributed by atoms with E-state index in [2.05, 4.69) is 36.5 Å². The van der Waals surface area contributed by atoms with Crippen LogP contribution in [0.4, 0.5) is 0 Å². The summed E-state index contributed by atoms with van der Waals surface area (Å²) in [5.74, 6) is 1.80. The molecular formula is C19H29N. The van der Waals surface area contributed by atoms with Gasteiger partial charge in [0.2, 0.25) is 0 Å². The molecule has 1 heteroatoms. The molecule has 0 saturated heterocycles. The molecule has 1 N–H and O–H groups in total. The SMILES string of the molecule is Cc1ccc(CC2CCCCCC2CNC2CC2)cc1. The zero-order valence-electron chi connectivity index (χ0n) is 12.9. The van der Waals surface area contributed by atoms with Crippen molar-refractivity contribution in [2.24, 2.45) is 11.8 Å². The van der Waals surface area contributed by atoms with Crippen molar-refractivity contribution in [2.75, 3.05) is 6.54 Å². The van der Waals surface area contributed by atoms with Crippen LogP contribution in [-0.4, -0.2) is 12.6 Å². The maximum atomic E-state index is 3.78. The lowest BCUT2D eigenvalue weighted by Crippen LogP contribution is -2.30. The summed E-state index contributed by atoms with van der Waals surface area (Å²) in [4.78, 5) is 0. The van der Waals surface area contributed by atoms with Crippen molar-refractivity contribution in [2.45, 2.75) is 64.3 Å². The molecule has 2 unspecified atom stereocenters. The highest BCUT2D eigenvalue weighted by atomic mass is 14.9. The Hall–Kier alpha value is -0.820. The van der Waals surface area contributed by atoms with E-state index in [1.165, 1.54) is 63.5 Å². The molecule has 0 aliphatic heterocycles. The van der Waals surface area contributed by atoms with Crippen molar-refractivity contribution in [3.05, 3.63) is 35.4 Å². The number of hydrogen-bond acceptors (Lipinski definition) is 1. The van der Waals surface area contributed by atoms with Crippen molar-refractivity contribution in [3.63, 3.8) is 0 Å². The molecule has 1 nitrogen and oxygen atoms in total. The average molecular weight is 271 g/mol. The quantitative estimate of drug-likeness (QED) is 0.778. The van der Waals surface area contributed by atoms with E-state index in [0.29, 0.717) is 0 Å². The summed E-state index contributed by atoms with van der Waals surface area (Å²) in [6.45, 7) is 3.44. The minimum absolute atomic E-state index is 0.860. The normalized spacial score (nSPS) is 27.2. The summed E-state index contributed by atoms with van der Waals surface area (Å²) >= 11 is 0. The molecule has 0 spiro atoms. The van der Waals surface area contributed by atoms with Gasteiger partial charge in [0.25, 0.3) is 0 Å². The molecule has 2 aliphatic carbocycles. The standard InChI is InChI=1S/C19H29N/c1-15-7-9-16(10-8-15)13-17-5-3-2-4-6-18(17)14-20-19-11-12-19/h7-10,17-20H,2-6,11-14H2,1H3. The van der Waals surface area contributed by atoms with Crippen LogP contribution in [-0.2, 0) is 6.42 Å². The molecule has 110 valence electrons. The first-order chi connectivity index (χ1) is 9.81. The van der Waals surface area contributed by atoms with E-state index in [1.807, 2.05) is 0 Å². The van der Waals surface area contributed by atoms with E-state index in [-0.39, 0.29) is 0 Å². The second kappa shape index (κ2) is 6.76. The molecule has 2 saturated carbocycles. The van der Waals surface area contributed by atoms with Crippen LogP contribution < -0.4 is 5.32 Å². The summed E-state index contributed by atoms with van der Waals surface area (Å²) in [7, 11) is 0. The first kappa shape index (κ1) is 14.1. The number of rotatable bonds is 5. The largest absolute Gasteiger partial charge is 0.314 e. The van der Waals surface area contributed by atoms with Gasteiger partial charge in [-0.25, -0.2) is 0 Å². The van der Waals surface area contributed by atoms with Crippen molar-refractivity contribution < 1.29 is 0 Å². The van der Waals surface area contributed by atoms with Gasteiger partial charge in [-0.15, -0.1) is 0 Å². The van der Waals surface area contributed by atoms with Crippen LogP contribution in [0.2, 0.25) is 0 Å². The topological polar surface area (TPSA) is 12.0 Å². The predicted octanol–water partition coefficient (Wildman–Crippen LogP) is 4.49. The van der Waals surface area contributed by atoms with Gasteiger partial charge in [0.15, 0.2) is 0 Å². The molecule has 0 heterocycles. The lowest BCUT2D eigenvalue weighted by molar-refractivity contribution is 0.297. The highest BCUT2D eigenvalue weighted by molar-refractivity contribution is 5.21. The summed E-state index contributed by atoms with van der Waals surface area (Å²) in [5, 5.41) is 3.78. The molecule has 2 aliphatic rings. The molecule has 0 amide bonds. The molecule has 1 aromatic carbocycles.